The molecule has 0 aliphatic rings. The summed E-state index contributed by atoms with van der Waals surface area (Å²) in [7, 11) is 0. The lowest BCUT2D eigenvalue weighted by molar-refractivity contribution is -0.143. The van der Waals surface area contributed by atoms with Gasteiger partial charge in [-0.2, -0.15) is 0 Å². The fourth-order valence-electron chi connectivity index (χ4n) is 2.09. The molecule has 144 valence electrons. The molecule has 0 spiro atoms. The van der Waals surface area contributed by atoms with E-state index < -0.39 is 24.0 Å². The van der Waals surface area contributed by atoms with Crippen molar-refractivity contribution in [3.05, 3.63) is 35.9 Å². The van der Waals surface area contributed by atoms with Crippen molar-refractivity contribution in [2.75, 3.05) is 19.7 Å². The smallest absolute Gasteiger partial charge is 0.407 e. The predicted octanol–water partition coefficient (Wildman–Crippen LogP) is 1.09. The standard InChI is InChI=1S/C18H27N3O5/c1-2-25-16(22)12-21-17(23)15(19)10-6-7-11-20-18(24)26-13-14-8-4-3-5-9-14/h3-5,8-9,15H,2,6-7,10-13,19H2,1H3,(H,20,24)(H,21,23)/t15-/m0/s1. The first-order valence-corrected chi connectivity index (χ1v) is 8.66. The number of hydrogen-bond acceptors (Lipinski definition) is 6. The van der Waals surface area contributed by atoms with Crippen LogP contribution in [0.25, 0.3) is 0 Å². The first kappa shape index (κ1) is 21.4. The van der Waals surface area contributed by atoms with E-state index in [4.69, 9.17) is 15.2 Å². The van der Waals surface area contributed by atoms with Gasteiger partial charge in [0.1, 0.15) is 13.2 Å². The van der Waals surface area contributed by atoms with Gasteiger partial charge in [0.15, 0.2) is 0 Å². The highest BCUT2D eigenvalue weighted by atomic mass is 16.5. The molecule has 0 radical (unpaired) electrons. The summed E-state index contributed by atoms with van der Waals surface area (Å²) in [5.74, 6) is -0.889. The fraction of sp³-hybridized carbons (Fsp3) is 0.500. The Labute approximate surface area is 153 Å². The Hall–Kier alpha value is -2.61. The van der Waals surface area contributed by atoms with Gasteiger partial charge < -0.3 is 25.8 Å². The van der Waals surface area contributed by atoms with Gasteiger partial charge >= 0.3 is 12.1 Å². The van der Waals surface area contributed by atoms with Crippen LogP contribution in [0.1, 0.15) is 31.7 Å². The van der Waals surface area contributed by atoms with Crippen molar-refractivity contribution < 1.29 is 23.9 Å². The van der Waals surface area contributed by atoms with E-state index in [1.807, 2.05) is 30.3 Å². The second kappa shape index (κ2) is 12.7. The minimum atomic E-state index is -0.700. The van der Waals surface area contributed by atoms with Gasteiger partial charge in [0.2, 0.25) is 5.91 Å². The van der Waals surface area contributed by atoms with Gasteiger partial charge in [-0.15, -0.1) is 0 Å². The molecule has 26 heavy (non-hydrogen) atoms. The number of hydrogen-bond donors (Lipinski definition) is 3. The molecule has 8 nitrogen and oxygen atoms in total. The Morgan fingerprint density at radius 2 is 1.81 bits per heavy atom. The quantitative estimate of drug-likeness (QED) is 0.399. The van der Waals surface area contributed by atoms with Crippen LogP contribution in [0.5, 0.6) is 0 Å². The highest BCUT2D eigenvalue weighted by Gasteiger charge is 2.14. The third kappa shape index (κ3) is 9.63. The van der Waals surface area contributed by atoms with Crippen molar-refractivity contribution in [1.82, 2.24) is 10.6 Å². The van der Waals surface area contributed by atoms with E-state index in [0.29, 0.717) is 25.8 Å². The molecule has 0 saturated carbocycles. The van der Waals surface area contributed by atoms with Crippen LogP contribution in [0, 0.1) is 0 Å². The van der Waals surface area contributed by atoms with Crippen molar-refractivity contribution in [2.24, 2.45) is 5.73 Å². The number of rotatable bonds is 11. The summed E-state index contributed by atoms with van der Waals surface area (Å²) in [6, 6.07) is 8.70. The maximum atomic E-state index is 11.7. The molecule has 2 amide bonds. The highest BCUT2D eigenvalue weighted by molar-refractivity contribution is 5.85. The van der Waals surface area contributed by atoms with E-state index in [0.717, 1.165) is 5.56 Å². The number of amides is 2. The predicted molar refractivity (Wildman–Crippen MR) is 96.1 cm³/mol. The Balaban J connectivity index is 2.05. The Kier molecular flexibility index (Phi) is 10.5. The van der Waals surface area contributed by atoms with E-state index >= 15 is 0 Å². The minimum absolute atomic E-state index is 0.185. The second-order valence-electron chi connectivity index (χ2n) is 5.61. The summed E-state index contributed by atoms with van der Waals surface area (Å²) in [5, 5.41) is 5.08. The van der Waals surface area contributed by atoms with Crippen molar-refractivity contribution in [3.63, 3.8) is 0 Å². The van der Waals surface area contributed by atoms with Crippen LogP contribution >= 0.6 is 0 Å². The normalized spacial score (nSPS) is 11.3. The van der Waals surface area contributed by atoms with Gasteiger partial charge in [0, 0.05) is 6.54 Å². The lowest BCUT2D eigenvalue weighted by Crippen LogP contribution is -2.42. The number of ether oxygens (including phenoxy) is 2. The molecule has 0 aliphatic carbocycles. The van der Waals surface area contributed by atoms with E-state index in [1.54, 1.807) is 6.92 Å². The molecular formula is C18H27N3O5. The Bertz CT molecular complexity index is 565. The van der Waals surface area contributed by atoms with E-state index in [2.05, 4.69) is 10.6 Å². The topological polar surface area (TPSA) is 120 Å². The number of nitrogens with two attached hydrogens (primary N) is 1. The van der Waals surface area contributed by atoms with Gasteiger partial charge in [0.25, 0.3) is 0 Å². The number of nitrogens with one attached hydrogen (secondary N) is 2. The van der Waals surface area contributed by atoms with E-state index in [-0.39, 0.29) is 19.8 Å². The summed E-state index contributed by atoms with van der Waals surface area (Å²) >= 11 is 0. The highest BCUT2D eigenvalue weighted by Crippen LogP contribution is 2.01. The molecule has 1 aromatic rings. The summed E-state index contributed by atoms with van der Waals surface area (Å²) in [5.41, 5.74) is 6.67. The zero-order valence-corrected chi connectivity index (χ0v) is 15.0. The van der Waals surface area contributed by atoms with Crippen LogP contribution in [0.4, 0.5) is 4.79 Å². The Morgan fingerprint density at radius 3 is 2.50 bits per heavy atom. The van der Waals surface area contributed by atoms with Crippen LogP contribution in [0.3, 0.4) is 0 Å². The van der Waals surface area contributed by atoms with Crippen LogP contribution in [0.2, 0.25) is 0 Å². The number of esters is 1. The lowest BCUT2D eigenvalue weighted by atomic mass is 10.1. The average Bonchev–Trinajstić information content (AvgIpc) is 2.65. The zero-order chi connectivity index (χ0) is 19.2. The summed E-state index contributed by atoms with van der Waals surface area (Å²) < 4.78 is 9.79. The van der Waals surface area contributed by atoms with Gasteiger partial charge in [-0.3, -0.25) is 9.59 Å². The zero-order valence-electron chi connectivity index (χ0n) is 15.0. The number of unbranched alkanes of at least 4 members (excludes halogenated alkanes) is 1. The van der Waals surface area contributed by atoms with Gasteiger partial charge in [0.05, 0.1) is 12.6 Å². The lowest BCUT2D eigenvalue weighted by Gasteiger charge is -2.12. The first-order chi connectivity index (χ1) is 12.5. The van der Waals surface area contributed by atoms with Crippen molar-refractivity contribution >= 4 is 18.0 Å². The summed E-state index contributed by atoms with van der Waals surface area (Å²) in [6.45, 7) is 2.43. The molecule has 1 atom stereocenters. The van der Waals surface area contributed by atoms with Crippen molar-refractivity contribution in [1.29, 1.82) is 0 Å². The SMILES string of the molecule is CCOC(=O)CNC(=O)[C@@H](N)CCCCNC(=O)OCc1ccccc1. The third-order valence-corrected chi connectivity index (χ3v) is 3.47. The molecule has 0 aromatic heterocycles. The number of alkyl carbamates (subject to hydrolysis) is 1. The minimum Gasteiger partial charge on any atom is -0.465 e. The molecular weight excluding hydrogens is 338 g/mol. The van der Waals surface area contributed by atoms with Crippen LogP contribution < -0.4 is 16.4 Å². The molecule has 8 heteroatoms. The molecule has 0 saturated heterocycles. The molecule has 0 bridgehead atoms. The largest absolute Gasteiger partial charge is 0.465 e. The molecule has 0 heterocycles. The number of carbonyl (C=O) groups is 3. The van der Waals surface area contributed by atoms with Gasteiger partial charge in [-0.05, 0) is 31.7 Å². The molecule has 0 fully saturated rings. The molecule has 0 unspecified atom stereocenters. The summed E-state index contributed by atoms with van der Waals surface area (Å²) in [6.07, 6.45) is 1.30. The summed E-state index contributed by atoms with van der Waals surface area (Å²) in [4.78, 5) is 34.4. The molecule has 4 N–H and O–H groups in total. The molecule has 1 aromatic carbocycles. The van der Waals surface area contributed by atoms with Crippen LogP contribution in [-0.4, -0.2) is 43.7 Å². The first-order valence-electron chi connectivity index (χ1n) is 8.66. The van der Waals surface area contributed by atoms with Gasteiger partial charge in [-0.1, -0.05) is 30.3 Å². The van der Waals surface area contributed by atoms with Crippen molar-refractivity contribution in [3.8, 4) is 0 Å². The second-order valence-corrected chi connectivity index (χ2v) is 5.61. The van der Waals surface area contributed by atoms with Gasteiger partial charge in [-0.25, -0.2) is 4.79 Å². The molecule has 0 aliphatic heterocycles. The van der Waals surface area contributed by atoms with Crippen LogP contribution in [-0.2, 0) is 25.7 Å². The average molecular weight is 365 g/mol. The van der Waals surface area contributed by atoms with Crippen LogP contribution in [0.15, 0.2) is 30.3 Å². The maximum absolute atomic E-state index is 11.7. The van der Waals surface area contributed by atoms with E-state index in [9.17, 15) is 14.4 Å². The van der Waals surface area contributed by atoms with Crippen molar-refractivity contribution in [2.45, 2.75) is 38.8 Å². The third-order valence-electron chi connectivity index (χ3n) is 3.47. The van der Waals surface area contributed by atoms with E-state index in [1.165, 1.54) is 0 Å². The number of benzene rings is 1. The maximum Gasteiger partial charge on any atom is 0.407 e. The fourth-order valence-corrected chi connectivity index (χ4v) is 2.09. The Morgan fingerprint density at radius 1 is 1.08 bits per heavy atom. The number of carbonyl (C=O) groups excluding carboxylic acids is 3. The monoisotopic (exact) mass is 365 g/mol. The molecule has 1 rings (SSSR count).